The predicted octanol–water partition coefficient (Wildman–Crippen LogP) is 6.51. The maximum Gasteiger partial charge on any atom is 0.438 e. The standard InChI is InChI=1S/C15H13F15O2/c1-6(2)8(31)32-5-7(3)4-9(16,17)11(19,20)13(23,24)12(21,22)10(18,14(25,26)27)15(28,29)30/h7H,1,4-5H2,2-3H3. The Labute approximate surface area is 169 Å². The highest BCUT2D eigenvalue weighted by Gasteiger charge is 2.95. The lowest BCUT2D eigenvalue weighted by molar-refractivity contribution is -0.457. The molecule has 0 aliphatic heterocycles. The molecule has 2 nitrogen and oxygen atoms in total. The maximum absolute atomic E-state index is 13.7. The summed E-state index contributed by atoms with van der Waals surface area (Å²) >= 11 is 0. The Morgan fingerprint density at radius 3 is 1.44 bits per heavy atom. The Kier molecular flexibility index (Phi) is 8.01. The average Bonchev–Trinajstić information content (AvgIpc) is 2.55. The summed E-state index contributed by atoms with van der Waals surface area (Å²) < 4.78 is 201. The molecule has 0 rings (SSSR count). The minimum absolute atomic E-state index is 0.348. The number of carbonyl (C=O) groups is 1. The van der Waals surface area contributed by atoms with E-state index in [-0.39, 0.29) is 5.57 Å². The molecule has 0 saturated carbocycles. The van der Waals surface area contributed by atoms with Gasteiger partial charge in [-0.25, -0.2) is 9.18 Å². The minimum atomic E-state index is -8.45. The lowest BCUT2D eigenvalue weighted by Gasteiger charge is -2.43. The summed E-state index contributed by atoms with van der Waals surface area (Å²) in [5.74, 6) is -34.1. The summed E-state index contributed by atoms with van der Waals surface area (Å²) in [6.07, 6.45) is -18.5. The van der Waals surface area contributed by atoms with Crippen LogP contribution < -0.4 is 0 Å². The van der Waals surface area contributed by atoms with Crippen LogP contribution in [0.3, 0.4) is 0 Å². The first-order chi connectivity index (χ1) is 13.7. The molecule has 0 aromatic heterocycles. The van der Waals surface area contributed by atoms with Crippen LogP contribution in [-0.2, 0) is 9.53 Å². The lowest BCUT2D eigenvalue weighted by atomic mass is 9.84. The zero-order chi connectivity index (χ0) is 26.4. The Bertz CT molecular complexity index is 691. The Balaban J connectivity index is 6.25. The molecule has 0 aromatic carbocycles. The zero-order valence-corrected chi connectivity index (χ0v) is 15.7. The van der Waals surface area contributed by atoms with Crippen LogP contribution in [0.1, 0.15) is 20.3 Å². The number of alkyl halides is 15. The molecule has 0 bridgehead atoms. The summed E-state index contributed by atoms with van der Waals surface area (Å²) in [4.78, 5) is 11.1. The van der Waals surface area contributed by atoms with Crippen molar-refractivity contribution in [3.05, 3.63) is 12.2 Å². The second-order valence-electron chi connectivity index (χ2n) is 6.77. The molecular weight excluding hydrogens is 497 g/mol. The fourth-order valence-corrected chi connectivity index (χ4v) is 2.13. The first kappa shape index (κ1) is 30.2. The second-order valence-corrected chi connectivity index (χ2v) is 6.77. The minimum Gasteiger partial charge on any atom is -0.462 e. The van der Waals surface area contributed by atoms with E-state index < -0.39 is 66.6 Å². The quantitative estimate of drug-likeness (QED) is 0.201. The van der Waals surface area contributed by atoms with Crippen LogP contribution in [0.15, 0.2) is 12.2 Å². The van der Waals surface area contributed by atoms with Gasteiger partial charge in [-0.3, -0.25) is 0 Å². The van der Waals surface area contributed by atoms with E-state index in [2.05, 4.69) is 11.3 Å². The van der Waals surface area contributed by atoms with E-state index in [0.29, 0.717) is 6.92 Å². The molecule has 0 aromatic rings. The van der Waals surface area contributed by atoms with Crippen LogP contribution in [-0.4, -0.2) is 54.3 Å². The SMILES string of the molecule is C=C(C)C(=O)OCC(C)CC(F)(F)C(F)(F)C(F)(F)C(F)(F)C(F)(C(F)(F)F)C(F)(F)F. The smallest absolute Gasteiger partial charge is 0.438 e. The number of carbonyl (C=O) groups excluding carboxylic acids is 1. The molecule has 0 aliphatic rings. The first-order valence-electron chi connectivity index (χ1n) is 7.88. The number of hydrogen-bond donors (Lipinski definition) is 0. The van der Waals surface area contributed by atoms with E-state index in [1.165, 1.54) is 0 Å². The van der Waals surface area contributed by atoms with Crippen molar-refractivity contribution in [2.75, 3.05) is 6.61 Å². The van der Waals surface area contributed by atoms with Crippen LogP contribution in [0, 0.1) is 5.92 Å². The molecule has 0 fully saturated rings. The van der Waals surface area contributed by atoms with Gasteiger partial charge in [0, 0.05) is 12.0 Å². The van der Waals surface area contributed by atoms with Gasteiger partial charge in [-0.15, -0.1) is 0 Å². The Morgan fingerprint density at radius 1 is 0.750 bits per heavy atom. The van der Waals surface area contributed by atoms with Gasteiger partial charge in [0.1, 0.15) is 0 Å². The molecular formula is C15H13F15O2. The van der Waals surface area contributed by atoms with E-state index >= 15 is 0 Å². The summed E-state index contributed by atoms with van der Waals surface area (Å²) in [5.41, 5.74) is -8.67. The third-order valence-corrected chi connectivity index (χ3v) is 3.91. The van der Waals surface area contributed by atoms with Gasteiger partial charge in [0.15, 0.2) is 0 Å². The molecule has 1 atom stereocenters. The molecule has 0 saturated heterocycles. The first-order valence-corrected chi connectivity index (χ1v) is 7.88. The van der Waals surface area contributed by atoms with E-state index in [9.17, 15) is 70.7 Å². The maximum atomic E-state index is 13.7. The van der Waals surface area contributed by atoms with Crippen LogP contribution in [0.25, 0.3) is 0 Å². The van der Waals surface area contributed by atoms with Gasteiger partial charge in [0.2, 0.25) is 0 Å². The molecule has 190 valence electrons. The zero-order valence-electron chi connectivity index (χ0n) is 15.7. The van der Waals surface area contributed by atoms with E-state index in [4.69, 9.17) is 0 Å². The van der Waals surface area contributed by atoms with Gasteiger partial charge in [-0.1, -0.05) is 13.5 Å². The van der Waals surface area contributed by atoms with Crippen molar-refractivity contribution >= 4 is 5.97 Å². The van der Waals surface area contributed by atoms with Crippen molar-refractivity contribution in [2.24, 2.45) is 5.92 Å². The third-order valence-electron chi connectivity index (χ3n) is 3.91. The van der Waals surface area contributed by atoms with Crippen molar-refractivity contribution in [3.63, 3.8) is 0 Å². The number of hydrogen-bond acceptors (Lipinski definition) is 2. The summed E-state index contributed by atoms with van der Waals surface area (Å²) in [6, 6.07) is 0. The van der Waals surface area contributed by atoms with Gasteiger partial charge in [0.25, 0.3) is 0 Å². The number of rotatable bonds is 9. The van der Waals surface area contributed by atoms with E-state index in [1.807, 2.05) is 0 Å². The third kappa shape index (κ3) is 4.75. The monoisotopic (exact) mass is 510 g/mol. The van der Waals surface area contributed by atoms with Crippen LogP contribution in [0.4, 0.5) is 65.9 Å². The van der Waals surface area contributed by atoms with Crippen LogP contribution in [0.5, 0.6) is 0 Å². The summed E-state index contributed by atoms with van der Waals surface area (Å²) in [6.45, 7) is 3.33. The van der Waals surface area contributed by atoms with Crippen molar-refractivity contribution < 1.29 is 75.4 Å². The molecule has 0 spiro atoms. The highest BCUT2D eigenvalue weighted by molar-refractivity contribution is 5.86. The Hall–Kier alpha value is -1.84. The highest BCUT2D eigenvalue weighted by Crippen LogP contribution is 2.64. The van der Waals surface area contributed by atoms with E-state index in [0.717, 1.165) is 6.92 Å². The molecule has 1 unspecified atom stereocenters. The number of ether oxygens (including phenoxy) is 1. The molecule has 0 amide bonds. The van der Waals surface area contributed by atoms with Gasteiger partial charge >= 0.3 is 47.7 Å². The summed E-state index contributed by atoms with van der Waals surface area (Å²) in [7, 11) is 0. The average molecular weight is 510 g/mol. The fourth-order valence-electron chi connectivity index (χ4n) is 2.13. The largest absolute Gasteiger partial charge is 0.462 e. The predicted molar refractivity (Wildman–Crippen MR) is 75.3 cm³/mol. The van der Waals surface area contributed by atoms with Gasteiger partial charge < -0.3 is 4.74 Å². The molecule has 0 heterocycles. The van der Waals surface area contributed by atoms with Crippen molar-refractivity contribution in [3.8, 4) is 0 Å². The highest BCUT2D eigenvalue weighted by atomic mass is 19.4. The topological polar surface area (TPSA) is 26.3 Å². The van der Waals surface area contributed by atoms with Crippen molar-refractivity contribution in [1.82, 2.24) is 0 Å². The van der Waals surface area contributed by atoms with Crippen LogP contribution >= 0.6 is 0 Å². The molecule has 0 radical (unpaired) electrons. The van der Waals surface area contributed by atoms with Gasteiger partial charge in [-0.2, -0.15) is 61.5 Å². The van der Waals surface area contributed by atoms with E-state index in [1.54, 1.807) is 0 Å². The lowest BCUT2D eigenvalue weighted by Crippen LogP contribution is -2.75. The van der Waals surface area contributed by atoms with Gasteiger partial charge in [0.05, 0.1) is 6.61 Å². The van der Waals surface area contributed by atoms with Crippen molar-refractivity contribution in [2.45, 2.75) is 62.0 Å². The fraction of sp³-hybridized carbons (Fsp3) is 0.800. The second kappa shape index (κ2) is 8.50. The molecule has 17 heteroatoms. The summed E-state index contributed by atoms with van der Waals surface area (Å²) in [5, 5.41) is 0. The van der Waals surface area contributed by atoms with Crippen LogP contribution in [0.2, 0.25) is 0 Å². The normalized spacial score (nSPS) is 16.0. The number of esters is 1. The van der Waals surface area contributed by atoms with Gasteiger partial charge in [-0.05, 0) is 12.8 Å². The van der Waals surface area contributed by atoms with Crippen molar-refractivity contribution in [1.29, 1.82) is 0 Å². The molecule has 0 N–H and O–H groups in total. The molecule has 32 heavy (non-hydrogen) atoms. The molecule has 0 aliphatic carbocycles. The Morgan fingerprint density at radius 2 is 1.12 bits per heavy atom. The number of halogens is 15.